The monoisotopic (exact) mass is 644 g/mol. The Kier molecular flexibility index (Phi) is 5.48. The van der Waals surface area contributed by atoms with Gasteiger partial charge in [0.05, 0.1) is 11.4 Å². The Morgan fingerprint density at radius 1 is 0.469 bits per heavy atom. The maximum Gasteiger partial charge on any atom is 0.238 e. The number of hydrogen-bond acceptors (Lipinski definition) is 6. The van der Waals surface area contributed by atoms with Gasteiger partial charge in [-0.3, -0.25) is 4.90 Å². The minimum atomic E-state index is 0.564. The van der Waals surface area contributed by atoms with Gasteiger partial charge in [0, 0.05) is 53.0 Å². The largest absolute Gasteiger partial charge is 0.456 e. The summed E-state index contributed by atoms with van der Waals surface area (Å²) in [5.41, 5.74) is 7.90. The van der Waals surface area contributed by atoms with Crippen LogP contribution in [0.2, 0.25) is 0 Å². The fourth-order valence-corrected chi connectivity index (χ4v) is 8.60. The molecule has 49 heavy (non-hydrogen) atoms. The second-order valence-electron chi connectivity index (χ2n) is 12.4. The van der Waals surface area contributed by atoms with Gasteiger partial charge < -0.3 is 4.42 Å². The van der Waals surface area contributed by atoms with Crippen molar-refractivity contribution in [2.75, 3.05) is 4.90 Å². The molecule has 0 spiro atoms. The highest BCUT2D eigenvalue weighted by atomic mass is 32.1. The number of anilines is 3. The normalized spacial score (nSPS) is 12.4. The Morgan fingerprint density at radius 2 is 1.16 bits per heavy atom. The van der Waals surface area contributed by atoms with Crippen molar-refractivity contribution >= 4 is 81.5 Å². The van der Waals surface area contributed by atoms with Gasteiger partial charge in [-0.15, -0.1) is 11.3 Å². The van der Waals surface area contributed by atoms with Gasteiger partial charge in [-0.05, 0) is 59.5 Å². The molecule has 5 nitrogen and oxygen atoms in total. The number of aromatic nitrogens is 3. The predicted octanol–water partition coefficient (Wildman–Crippen LogP) is 12.1. The number of benzene rings is 7. The number of rotatable bonds is 3. The van der Waals surface area contributed by atoms with E-state index in [1.54, 1.807) is 11.3 Å². The van der Waals surface area contributed by atoms with E-state index in [0.717, 1.165) is 50.0 Å². The summed E-state index contributed by atoms with van der Waals surface area (Å²) in [5.74, 6) is 1.77. The third-order valence-corrected chi connectivity index (χ3v) is 10.8. The molecular weight excluding hydrogens is 621 g/mol. The average Bonchev–Trinajstić information content (AvgIpc) is 3.73. The molecule has 0 radical (unpaired) electrons. The van der Waals surface area contributed by atoms with E-state index in [9.17, 15) is 0 Å². The molecular formula is C43H24N4OS. The number of para-hydroxylation sites is 2. The minimum absolute atomic E-state index is 0.564. The van der Waals surface area contributed by atoms with Crippen molar-refractivity contribution in [1.29, 1.82) is 0 Å². The Balaban J connectivity index is 1.22. The SMILES string of the molecule is c1ccc2c(c1)-c1cccc3cccc(c13)N2c1nc(-c2ccc3sc4ccccc4c3c2)nc(-c2cccc3oc4ccccc4c23)n1. The van der Waals surface area contributed by atoms with E-state index < -0.39 is 0 Å². The van der Waals surface area contributed by atoms with Crippen LogP contribution in [0.3, 0.4) is 0 Å². The molecule has 0 unspecified atom stereocenters. The van der Waals surface area contributed by atoms with E-state index in [4.69, 9.17) is 19.4 Å². The van der Waals surface area contributed by atoms with Crippen LogP contribution < -0.4 is 4.90 Å². The van der Waals surface area contributed by atoms with Crippen LogP contribution in [-0.4, -0.2) is 15.0 Å². The van der Waals surface area contributed by atoms with Crippen LogP contribution in [-0.2, 0) is 0 Å². The molecule has 0 aliphatic carbocycles. The van der Waals surface area contributed by atoms with Crippen LogP contribution >= 0.6 is 11.3 Å². The summed E-state index contributed by atoms with van der Waals surface area (Å²) in [6, 6.07) is 50.8. The topological polar surface area (TPSA) is 55.1 Å². The number of hydrogen-bond donors (Lipinski definition) is 0. The van der Waals surface area contributed by atoms with Crippen LogP contribution in [0.5, 0.6) is 0 Å². The summed E-state index contributed by atoms with van der Waals surface area (Å²) in [4.78, 5) is 18.0. The standard InChI is InChI=1S/C43H24N4OS/c1-4-17-33-27(12-1)29-15-7-10-25-11-8-18-34(39(25)29)47(33)43-45-41(26-22-23-38-32(24-26)28-13-3-6-21-37(28)49-38)44-42(46-43)31-16-9-20-36-40(31)30-14-2-5-19-35(30)48-36/h1-24H. The van der Waals surface area contributed by atoms with Gasteiger partial charge in [0.25, 0.3) is 0 Å². The predicted molar refractivity (Wildman–Crippen MR) is 202 cm³/mol. The maximum atomic E-state index is 6.30. The summed E-state index contributed by atoms with van der Waals surface area (Å²) in [5, 5.41) is 6.82. The van der Waals surface area contributed by atoms with Crippen molar-refractivity contribution in [3.63, 3.8) is 0 Å². The molecule has 6 heteroatoms. The van der Waals surface area contributed by atoms with E-state index in [0.29, 0.717) is 17.6 Å². The van der Waals surface area contributed by atoms with Crippen molar-refractivity contribution in [2.45, 2.75) is 0 Å². The molecule has 11 rings (SSSR count). The summed E-state index contributed by atoms with van der Waals surface area (Å²) in [7, 11) is 0. The second kappa shape index (κ2) is 10.1. The van der Waals surface area contributed by atoms with E-state index in [1.807, 2.05) is 30.3 Å². The molecule has 1 aliphatic rings. The summed E-state index contributed by atoms with van der Waals surface area (Å²) < 4.78 is 8.80. The lowest BCUT2D eigenvalue weighted by Crippen LogP contribution is -2.18. The number of thiophene rings is 1. The minimum Gasteiger partial charge on any atom is -0.456 e. The third-order valence-electron chi connectivity index (χ3n) is 9.66. The molecule has 0 fully saturated rings. The maximum absolute atomic E-state index is 6.30. The Morgan fingerprint density at radius 3 is 2.12 bits per heavy atom. The first kappa shape index (κ1) is 26.7. The van der Waals surface area contributed by atoms with Crippen molar-refractivity contribution in [2.24, 2.45) is 0 Å². The summed E-state index contributed by atoms with van der Waals surface area (Å²) >= 11 is 1.81. The van der Waals surface area contributed by atoms with Crippen molar-refractivity contribution in [3.05, 3.63) is 146 Å². The van der Waals surface area contributed by atoms with Crippen molar-refractivity contribution in [3.8, 4) is 33.9 Å². The summed E-state index contributed by atoms with van der Waals surface area (Å²) in [6.07, 6.45) is 0. The zero-order valence-electron chi connectivity index (χ0n) is 26.0. The summed E-state index contributed by atoms with van der Waals surface area (Å²) in [6.45, 7) is 0. The highest BCUT2D eigenvalue weighted by molar-refractivity contribution is 7.25. The molecule has 0 N–H and O–H groups in total. The molecule has 0 saturated carbocycles. The van der Waals surface area contributed by atoms with Crippen LogP contribution in [0.15, 0.2) is 150 Å². The highest BCUT2D eigenvalue weighted by Crippen LogP contribution is 2.50. The first-order valence-corrected chi connectivity index (χ1v) is 17.1. The van der Waals surface area contributed by atoms with Crippen molar-refractivity contribution < 1.29 is 4.42 Å². The lowest BCUT2D eigenvalue weighted by atomic mass is 9.91. The molecule has 4 heterocycles. The van der Waals surface area contributed by atoms with Crippen molar-refractivity contribution in [1.82, 2.24) is 15.0 Å². The zero-order chi connectivity index (χ0) is 32.1. The van der Waals surface area contributed by atoms with Crippen LogP contribution in [0.4, 0.5) is 17.3 Å². The van der Waals surface area contributed by atoms with Crippen LogP contribution in [0, 0.1) is 0 Å². The molecule has 3 aromatic heterocycles. The molecule has 228 valence electrons. The van der Waals surface area contributed by atoms with Gasteiger partial charge in [-0.1, -0.05) is 97.1 Å². The average molecular weight is 645 g/mol. The second-order valence-corrected chi connectivity index (χ2v) is 13.5. The van der Waals surface area contributed by atoms with Gasteiger partial charge in [-0.25, -0.2) is 4.98 Å². The molecule has 10 aromatic rings. The number of furan rings is 1. The van der Waals surface area contributed by atoms with E-state index in [-0.39, 0.29) is 0 Å². The molecule has 0 atom stereocenters. The molecule has 0 bridgehead atoms. The fraction of sp³-hybridized carbons (Fsp3) is 0. The molecule has 0 amide bonds. The lowest BCUT2D eigenvalue weighted by Gasteiger charge is -2.32. The van der Waals surface area contributed by atoms with Gasteiger partial charge in [0.1, 0.15) is 11.2 Å². The Labute approximate surface area is 284 Å². The molecule has 7 aromatic carbocycles. The first-order chi connectivity index (χ1) is 24.3. The zero-order valence-corrected chi connectivity index (χ0v) is 26.8. The first-order valence-electron chi connectivity index (χ1n) is 16.3. The number of fused-ring (bicyclic) bond motifs is 8. The van der Waals surface area contributed by atoms with E-state index in [1.165, 1.54) is 36.5 Å². The van der Waals surface area contributed by atoms with Crippen LogP contribution in [0.1, 0.15) is 0 Å². The highest BCUT2D eigenvalue weighted by Gasteiger charge is 2.29. The van der Waals surface area contributed by atoms with Gasteiger partial charge >= 0.3 is 0 Å². The number of nitrogens with zero attached hydrogens (tertiary/aromatic N) is 4. The van der Waals surface area contributed by atoms with Gasteiger partial charge in [0.15, 0.2) is 11.6 Å². The van der Waals surface area contributed by atoms with Gasteiger partial charge in [0.2, 0.25) is 5.95 Å². The van der Waals surface area contributed by atoms with Crippen LogP contribution in [0.25, 0.3) is 86.8 Å². The van der Waals surface area contributed by atoms with E-state index in [2.05, 4.69) is 120 Å². The lowest BCUT2D eigenvalue weighted by molar-refractivity contribution is 0.669. The quantitative estimate of drug-likeness (QED) is 0.192. The third kappa shape index (κ3) is 3.89. The Bertz CT molecular complexity index is 2970. The van der Waals surface area contributed by atoms with Gasteiger partial charge in [-0.2, -0.15) is 9.97 Å². The fourth-order valence-electron chi connectivity index (χ4n) is 7.51. The smallest absolute Gasteiger partial charge is 0.238 e. The Hall–Kier alpha value is -6.37. The molecule has 0 saturated heterocycles. The molecule has 1 aliphatic heterocycles. The van der Waals surface area contributed by atoms with E-state index >= 15 is 0 Å².